The molecular formula is C12H14ClFN2O. The van der Waals surface area contributed by atoms with Gasteiger partial charge in [0.25, 0.3) is 5.91 Å². The molecule has 0 radical (unpaired) electrons. The van der Waals surface area contributed by atoms with Gasteiger partial charge in [-0.15, -0.1) is 0 Å². The first-order valence-corrected chi connectivity index (χ1v) is 6.02. The molecule has 1 aliphatic heterocycles. The van der Waals surface area contributed by atoms with E-state index in [1.54, 1.807) is 0 Å². The Bertz CT molecular complexity index is 399. The molecule has 5 heteroatoms. The second-order valence-corrected chi connectivity index (χ2v) is 4.52. The second kappa shape index (κ2) is 5.47. The van der Waals surface area contributed by atoms with Crippen molar-refractivity contribution in [3.63, 3.8) is 0 Å². The molecule has 0 saturated carbocycles. The fourth-order valence-corrected chi connectivity index (χ4v) is 2.20. The zero-order chi connectivity index (χ0) is 12.3. The van der Waals surface area contributed by atoms with E-state index in [1.165, 1.54) is 18.2 Å². The van der Waals surface area contributed by atoms with Crippen LogP contribution in [-0.2, 0) is 0 Å². The minimum Gasteiger partial charge on any atom is -0.348 e. The molecule has 0 bridgehead atoms. The second-order valence-electron chi connectivity index (χ2n) is 4.11. The molecule has 0 aliphatic carbocycles. The van der Waals surface area contributed by atoms with Gasteiger partial charge in [0.15, 0.2) is 0 Å². The summed E-state index contributed by atoms with van der Waals surface area (Å²) in [5.41, 5.74) is -0.0697. The van der Waals surface area contributed by atoms with Crippen molar-refractivity contribution in [1.29, 1.82) is 0 Å². The molecule has 1 unspecified atom stereocenters. The van der Waals surface area contributed by atoms with Crippen LogP contribution in [0, 0.1) is 5.82 Å². The van der Waals surface area contributed by atoms with E-state index in [-0.39, 0.29) is 16.6 Å². The molecule has 1 heterocycles. The summed E-state index contributed by atoms with van der Waals surface area (Å²) >= 11 is 5.83. The number of nitrogens with one attached hydrogen (secondary N) is 2. The highest BCUT2D eigenvalue weighted by Gasteiger charge is 2.20. The van der Waals surface area contributed by atoms with Crippen LogP contribution in [0.2, 0.25) is 5.02 Å². The van der Waals surface area contributed by atoms with Gasteiger partial charge in [-0.2, -0.15) is 0 Å². The summed E-state index contributed by atoms with van der Waals surface area (Å²) in [5.74, 6) is -1.03. The van der Waals surface area contributed by atoms with Gasteiger partial charge in [-0.25, -0.2) is 4.39 Å². The van der Waals surface area contributed by atoms with Crippen LogP contribution in [0.4, 0.5) is 4.39 Å². The van der Waals surface area contributed by atoms with E-state index >= 15 is 0 Å². The monoisotopic (exact) mass is 256 g/mol. The van der Waals surface area contributed by atoms with Crippen molar-refractivity contribution < 1.29 is 9.18 Å². The fraction of sp³-hybridized carbons (Fsp3) is 0.417. The molecule has 2 rings (SSSR count). The Morgan fingerprint density at radius 3 is 3.00 bits per heavy atom. The lowest BCUT2D eigenvalue weighted by atomic mass is 10.1. The quantitative estimate of drug-likeness (QED) is 0.849. The number of hydrogen-bond donors (Lipinski definition) is 2. The van der Waals surface area contributed by atoms with E-state index in [1.807, 2.05) is 0 Å². The summed E-state index contributed by atoms with van der Waals surface area (Å²) in [6.07, 6.45) is 1.92. The minimum atomic E-state index is -0.584. The van der Waals surface area contributed by atoms with Crippen LogP contribution < -0.4 is 10.6 Å². The molecule has 1 saturated heterocycles. The van der Waals surface area contributed by atoms with E-state index in [2.05, 4.69) is 10.6 Å². The Kier molecular flexibility index (Phi) is 3.97. The molecule has 92 valence electrons. The molecule has 1 aliphatic rings. The molecule has 1 amide bonds. The number of benzene rings is 1. The standard InChI is InChI=1S/C12H14ClFN2O/c13-9-4-1-5-10(14)11(9)12(17)16-8-3-2-6-15-7-8/h1,4-5,8,15H,2-3,6-7H2,(H,16,17). The van der Waals surface area contributed by atoms with Crippen molar-refractivity contribution in [3.05, 3.63) is 34.6 Å². The molecule has 0 aromatic heterocycles. The van der Waals surface area contributed by atoms with Crippen molar-refractivity contribution in [2.75, 3.05) is 13.1 Å². The van der Waals surface area contributed by atoms with E-state index in [4.69, 9.17) is 11.6 Å². The highest BCUT2D eigenvalue weighted by atomic mass is 35.5. The van der Waals surface area contributed by atoms with Gasteiger partial charge < -0.3 is 10.6 Å². The van der Waals surface area contributed by atoms with Crippen LogP contribution in [-0.4, -0.2) is 25.0 Å². The summed E-state index contributed by atoms with van der Waals surface area (Å²) in [6, 6.07) is 4.28. The minimum absolute atomic E-state index is 0.0481. The lowest BCUT2D eigenvalue weighted by Crippen LogP contribution is -2.45. The van der Waals surface area contributed by atoms with E-state index in [0.717, 1.165) is 25.9 Å². The molecule has 3 nitrogen and oxygen atoms in total. The van der Waals surface area contributed by atoms with Crippen molar-refractivity contribution in [1.82, 2.24) is 10.6 Å². The smallest absolute Gasteiger partial charge is 0.256 e. The first-order valence-electron chi connectivity index (χ1n) is 5.64. The third-order valence-electron chi connectivity index (χ3n) is 2.82. The van der Waals surface area contributed by atoms with E-state index < -0.39 is 11.7 Å². The molecule has 1 fully saturated rings. The molecular weight excluding hydrogens is 243 g/mol. The third kappa shape index (κ3) is 2.96. The number of carbonyl (C=O) groups excluding carboxylic acids is 1. The van der Waals surface area contributed by atoms with Gasteiger partial charge in [-0.05, 0) is 31.5 Å². The summed E-state index contributed by atoms with van der Waals surface area (Å²) in [5, 5.41) is 6.12. The Hall–Kier alpha value is -1.13. The molecule has 1 atom stereocenters. The Morgan fingerprint density at radius 1 is 1.53 bits per heavy atom. The zero-order valence-electron chi connectivity index (χ0n) is 9.30. The lowest BCUT2D eigenvalue weighted by molar-refractivity contribution is 0.0927. The average Bonchev–Trinajstić information content (AvgIpc) is 2.30. The maximum atomic E-state index is 13.5. The number of amides is 1. The highest BCUT2D eigenvalue weighted by Crippen LogP contribution is 2.19. The van der Waals surface area contributed by atoms with Crippen molar-refractivity contribution in [3.8, 4) is 0 Å². The Morgan fingerprint density at radius 2 is 2.35 bits per heavy atom. The summed E-state index contributed by atoms with van der Waals surface area (Å²) in [7, 11) is 0. The largest absolute Gasteiger partial charge is 0.348 e. The van der Waals surface area contributed by atoms with Crippen molar-refractivity contribution in [2.45, 2.75) is 18.9 Å². The third-order valence-corrected chi connectivity index (χ3v) is 3.14. The molecule has 1 aromatic rings. The van der Waals surface area contributed by atoms with Gasteiger partial charge in [0, 0.05) is 12.6 Å². The first-order chi connectivity index (χ1) is 8.18. The summed E-state index contributed by atoms with van der Waals surface area (Å²) in [4.78, 5) is 11.9. The van der Waals surface area contributed by atoms with Gasteiger partial charge in [0.2, 0.25) is 0 Å². The molecule has 2 N–H and O–H groups in total. The van der Waals surface area contributed by atoms with Crippen LogP contribution in [0.25, 0.3) is 0 Å². The summed E-state index contributed by atoms with van der Waals surface area (Å²) in [6.45, 7) is 1.69. The van der Waals surface area contributed by atoms with Crippen molar-refractivity contribution >= 4 is 17.5 Å². The average molecular weight is 257 g/mol. The molecule has 0 spiro atoms. The van der Waals surface area contributed by atoms with Gasteiger partial charge in [-0.3, -0.25) is 4.79 Å². The predicted molar refractivity (Wildman–Crippen MR) is 64.8 cm³/mol. The first kappa shape index (κ1) is 12.3. The predicted octanol–water partition coefficient (Wildman–Crippen LogP) is 1.96. The maximum Gasteiger partial charge on any atom is 0.256 e. The topological polar surface area (TPSA) is 41.1 Å². The van der Waals surface area contributed by atoms with Crippen LogP contribution in [0.1, 0.15) is 23.2 Å². The van der Waals surface area contributed by atoms with Gasteiger partial charge in [0.1, 0.15) is 5.82 Å². The van der Waals surface area contributed by atoms with Crippen LogP contribution in [0.3, 0.4) is 0 Å². The maximum absolute atomic E-state index is 13.5. The fourth-order valence-electron chi connectivity index (χ4n) is 1.95. The Balaban J connectivity index is 2.08. The van der Waals surface area contributed by atoms with E-state index in [0.29, 0.717) is 0 Å². The SMILES string of the molecule is O=C(NC1CCCNC1)c1c(F)cccc1Cl. The van der Waals surface area contributed by atoms with Gasteiger partial charge in [0.05, 0.1) is 10.6 Å². The number of halogens is 2. The number of hydrogen-bond acceptors (Lipinski definition) is 2. The lowest BCUT2D eigenvalue weighted by Gasteiger charge is -2.24. The number of carbonyl (C=O) groups is 1. The van der Waals surface area contributed by atoms with Crippen LogP contribution in [0.15, 0.2) is 18.2 Å². The highest BCUT2D eigenvalue weighted by molar-refractivity contribution is 6.33. The molecule has 17 heavy (non-hydrogen) atoms. The number of rotatable bonds is 2. The van der Waals surface area contributed by atoms with Gasteiger partial charge >= 0.3 is 0 Å². The van der Waals surface area contributed by atoms with Crippen LogP contribution >= 0.6 is 11.6 Å². The van der Waals surface area contributed by atoms with E-state index in [9.17, 15) is 9.18 Å². The number of piperidine rings is 1. The Labute approximate surface area is 104 Å². The normalized spacial score (nSPS) is 20.0. The summed E-state index contributed by atoms with van der Waals surface area (Å²) < 4.78 is 13.5. The molecule has 1 aromatic carbocycles. The van der Waals surface area contributed by atoms with Gasteiger partial charge in [-0.1, -0.05) is 17.7 Å². The van der Waals surface area contributed by atoms with Crippen molar-refractivity contribution in [2.24, 2.45) is 0 Å². The van der Waals surface area contributed by atoms with Crippen LogP contribution in [0.5, 0.6) is 0 Å². The zero-order valence-corrected chi connectivity index (χ0v) is 10.1.